The predicted octanol–water partition coefficient (Wildman–Crippen LogP) is 3.13. The first-order valence-electron chi connectivity index (χ1n) is 3.38. The molecule has 1 aromatic rings. The molecule has 1 rings (SSSR count). The highest BCUT2D eigenvalue weighted by Gasteiger charge is 2.40. The van der Waals surface area contributed by atoms with Crippen molar-refractivity contribution in [2.24, 2.45) is 0 Å². The van der Waals surface area contributed by atoms with Gasteiger partial charge in [-0.1, -0.05) is 36.4 Å². The van der Waals surface area contributed by atoms with Crippen molar-refractivity contribution in [3.8, 4) is 0 Å². The highest BCUT2D eigenvalue weighted by molar-refractivity contribution is 14.1. The Morgan fingerprint density at radius 3 is 1.36 bits per heavy atom. The average molecular weight is 318 g/mol. The topological polar surface area (TPSA) is 26.3 Å². The summed E-state index contributed by atoms with van der Waals surface area (Å²) in [4.78, 5) is 9.48. The summed E-state index contributed by atoms with van der Waals surface area (Å²) in [6.07, 6.45) is -4.86. The maximum absolute atomic E-state index is 11.0. The molecule has 0 bridgehead atoms. The van der Waals surface area contributed by atoms with Crippen molar-refractivity contribution in [1.82, 2.24) is 0 Å². The zero-order valence-corrected chi connectivity index (χ0v) is 8.95. The molecule has 0 N–H and O–H groups in total. The fourth-order valence-corrected chi connectivity index (χ4v) is 0.678. The van der Waals surface area contributed by atoms with E-state index in [1.54, 1.807) is 0 Å². The van der Waals surface area contributed by atoms with Crippen LogP contribution in [0.5, 0.6) is 0 Å². The molecule has 0 fully saturated rings. The lowest BCUT2D eigenvalue weighted by Crippen LogP contribution is -2.21. The van der Waals surface area contributed by atoms with E-state index in [1.165, 1.54) is 0 Å². The van der Waals surface area contributed by atoms with E-state index in [9.17, 15) is 18.0 Å². The summed E-state index contributed by atoms with van der Waals surface area (Å²) in [5.74, 6) is -2.18. The second-order valence-electron chi connectivity index (χ2n) is 2.02. The van der Waals surface area contributed by atoms with Gasteiger partial charge in [0.15, 0.2) is 23.0 Å². The fourth-order valence-electron chi connectivity index (χ4n) is 0.429. The van der Waals surface area contributed by atoms with Gasteiger partial charge in [-0.15, -0.1) is 0 Å². The Kier molecular flexibility index (Phi) is 6.26. The van der Waals surface area contributed by atoms with Gasteiger partial charge in [-0.2, -0.15) is 13.2 Å². The van der Waals surface area contributed by atoms with Crippen molar-refractivity contribution in [3.63, 3.8) is 0 Å². The van der Waals surface area contributed by atoms with E-state index in [-0.39, 0.29) is 0 Å². The van der Waals surface area contributed by atoms with Gasteiger partial charge in [-0.3, -0.25) is 0 Å². The van der Waals surface area contributed by atoms with Gasteiger partial charge in [0, 0.05) is 0 Å². The Bertz CT molecular complexity index is 234. The zero-order valence-electron chi connectivity index (χ0n) is 6.79. The van der Waals surface area contributed by atoms with Crippen LogP contribution in [0.1, 0.15) is 0 Å². The average Bonchev–Trinajstić information content (AvgIpc) is 2.19. The summed E-state index contributed by atoms with van der Waals surface area (Å²) in [5, 5.41) is 0. The van der Waals surface area contributed by atoms with E-state index in [4.69, 9.17) is 0 Å². The predicted molar refractivity (Wildman–Crippen MR) is 52.6 cm³/mol. The summed E-state index contributed by atoms with van der Waals surface area (Å²) < 4.78 is 36.2. The molecule has 0 saturated carbocycles. The molecule has 0 spiro atoms. The monoisotopic (exact) mass is 318 g/mol. The number of benzene rings is 1. The minimum atomic E-state index is -4.86. The molecule has 0 heterocycles. The third-order valence-electron chi connectivity index (χ3n) is 0.968. The number of carbonyl (C=O) groups is 1. The van der Waals surface area contributed by atoms with Crippen LogP contribution in [0.2, 0.25) is 0 Å². The van der Waals surface area contributed by atoms with Crippen molar-refractivity contribution in [1.29, 1.82) is 0 Å². The highest BCUT2D eigenvalue weighted by atomic mass is 127. The van der Waals surface area contributed by atoms with Gasteiger partial charge < -0.3 is 3.07 Å². The molecule has 0 aromatic heterocycles. The summed E-state index contributed by atoms with van der Waals surface area (Å²) in [6, 6.07) is 12.0. The van der Waals surface area contributed by atoms with Crippen LogP contribution in [0, 0.1) is 0 Å². The molecule has 0 aliphatic carbocycles. The zero-order chi connectivity index (χ0) is 11.0. The minimum Gasteiger partial charge on any atom is -0.388 e. The van der Waals surface area contributed by atoms with Gasteiger partial charge in [0.25, 0.3) is 0 Å². The number of carbonyl (C=O) groups excluding carboxylic acids is 1. The SMILES string of the molecule is O=C(OI)C(F)(F)F.c1ccccc1. The molecule has 0 aliphatic heterocycles. The number of alkyl halides is 3. The first-order chi connectivity index (χ1) is 6.48. The largest absolute Gasteiger partial charge is 0.491 e. The van der Waals surface area contributed by atoms with E-state index in [2.05, 4.69) is 3.07 Å². The Morgan fingerprint density at radius 1 is 1.00 bits per heavy atom. The van der Waals surface area contributed by atoms with Crippen LogP contribution in [-0.4, -0.2) is 12.1 Å². The van der Waals surface area contributed by atoms with E-state index in [0.29, 0.717) is 0 Å². The number of halogens is 4. The van der Waals surface area contributed by atoms with E-state index in [1.807, 2.05) is 36.4 Å². The van der Waals surface area contributed by atoms with Gasteiger partial charge >= 0.3 is 12.1 Å². The fraction of sp³-hybridized carbons (Fsp3) is 0.125. The van der Waals surface area contributed by atoms with Crippen molar-refractivity contribution in [2.45, 2.75) is 6.18 Å². The van der Waals surface area contributed by atoms with Crippen LogP contribution in [0.15, 0.2) is 36.4 Å². The lowest BCUT2D eigenvalue weighted by atomic mass is 10.4. The van der Waals surface area contributed by atoms with Crippen LogP contribution in [0.4, 0.5) is 13.2 Å². The normalized spacial score (nSPS) is 9.71. The lowest BCUT2D eigenvalue weighted by molar-refractivity contribution is -0.186. The Morgan fingerprint density at radius 2 is 1.29 bits per heavy atom. The van der Waals surface area contributed by atoms with Crippen LogP contribution >= 0.6 is 23.0 Å². The van der Waals surface area contributed by atoms with Gasteiger partial charge in [-0.05, 0) is 0 Å². The van der Waals surface area contributed by atoms with Crippen LogP contribution in [-0.2, 0) is 7.86 Å². The lowest BCUT2D eigenvalue weighted by Gasteiger charge is -1.98. The molecule has 0 unspecified atom stereocenters. The van der Waals surface area contributed by atoms with Crippen molar-refractivity contribution >= 4 is 29.0 Å². The number of hydrogen-bond acceptors (Lipinski definition) is 2. The standard InChI is InChI=1S/C6H6.C2F3IO2/c1-2-4-6-5-3-1;3-2(4,5)1(7)8-6/h1-6H;. The molecule has 2 nitrogen and oxygen atoms in total. The van der Waals surface area contributed by atoms with Crippen molar-refractivity contribution in [2.75, 3.05) is 0 Å². The van der Waals surface area contributed by atoms with Crippen molar-refractivity contribution in [3.05, 3.63) is 36.4 Å². The van der Waals surface area contributed by atoms with Crippen LogP contribution in [0.25, 0.3) is 0 Å². The third-order valence-corrected chi connectivity index (χ3v) is 1.37. The summed E-state index contributed by atoms with van der Waals surface area (Å²) in [6.45, 7) is 0. The molecule has 6 heteroatoms. The Labute approximate surface area is 92.8 Å². The molecular weight excluding hydrogens is 312 g/mol. The van der Waals surface area contributed by atoms with Crippen molar-refractivity contribution < 1.29 is 21.0 Å². The van der Waals surface area contributed by atoms with Crippen LogP contribution in [0.3, 0.4) is 0 Å². The summed E-state index contributed by atoms with van der Waals surface area (Å²) in [5.41, 5.74) is 0. The van der Waals surface area contributed by atoms with Gasteiger partial charge in [0.1, 0.15) is 0 Å². The molecule has 0 saturated heterocycles. The molecule has 0 aliphatic rings. The van der Waals surface area contributed by atoms with Gasteiger partial charge in [0.2, 0.25) is 0 Å². The van der Waals surface area contributed by atoms with Gasteiger partial charge in [0.05, 0.1) is 0 Å². The maximum atomic E-state index is 11.0. The number of hydrogen-bond donors (Lipinski definition) is 0. The quantitative estimate of drug-likeness (QED) is 0.687. The minimum absolute atomic E-state index is 0.869. The Balaban J connectivity index is 0.000000249. The molecule has 1 aromatic carbocycles. The summed E-state index contributed by atoms with van der Waals surface area (Å²) >= 11 is 0.869. The highest BCUT2D eigenvalue weighted by Crippen LogP contribution is 2.17. The van der Waals surface area contributed by atoms with E-state index in [0.717, 1.165) is 23.0 Å². The molecule has 78 valence electrons. The van der Waals surface area contributed by atoms with Crippen LogP contribution < -0.4 is 0 Å². The molecular formula is C8H6F3IO2. The molecule has 14 heavy (non-hydrogen) atoms. The summed E-state index contributed by atoms with van der Waals surface area (Å²) in [7, 11) is 0. The third kappa shape index (κ3) is 6.70. The molecule has 0 atom stereocenters. The first-order valence-corrected chi connectivity index (χ1v) is 4.26. The molecule has 0 amide bonds. The Hall–Kier alpha value is -0.790. The second-order valence-corrected chi connectivity index (χ2v) is 2.46. The second kappa shape index (κ2) is 6.63. The first kappa shape index (κ1) is 13.2. The number of rotatable bonds is 0. The molecule has 0 radical (unpaired) electrons. The maximum Gasteiger partial charge on any atom is 0.491 e. The van der Waals surface area contributed by atoms with E-state index >= 15 is 0 Å². The van der Waals surface area contributed by atoms with Gasteiger partial charge in [-0.25, -0.2) is 4.79 Å². The smallest absolute Gasteiger partial charge is 0.388 e. The van der Waals surface area contributed by atoms with E-state index < -0.39 is 12.1 Å².